The van der Waals surface area contributed by atoms with Gasteiger partial charge >= 0.3 is 0 Å². The molecule has 0 aromatic heterocycles. The van der Waals surface area contributed by atoms with Crippen LogP contribution < -0.4 is 5.19 Å². The Morgan fingerprint density at radius 1 is 0.875 bits per heavy atom. The van der Waals surface area contributed by atoms with Crippen molar-refractivity contribution in [1.82, 2.24) is 0 Å². The minimum absolute atomic E-state index is 0.220. The number of hydrogen-bond donors (Lipinski definition) is 0. The van der Waals surface area contributed by atoms with Crippen LogP contribution in [0.25, 0.3) is 0 Å². The van der Waals surface area contributed by atoms with E-state index in [0.29, 0.717) is 0 Å². The molecular weight excluding hydrogens is 304 g/mol. The Balaban J connectivity index is 2.15. The SMILES string of the molecule is CCCCCC1=C(C)C(C)=C(C)C1C[SiH2]c1c(C)cc(C)cc1C. The van der Waals surface area contributed by atoms with Crippen molar-refractivity contribution in [1.29, 1.82) is 0 Å². The number of aryl methyl sites for hydroxylation is 3. The Morgan fingerprint density at radius 3 is 2.08 bits per heavy atom. The first-order chi connectivity index (χ1) is 11.4. The highest BCUT2D eigenvalue weighted by molar-refractivity contribution is 6.54. The molecule has 1 aromatic rings. The van der Waals surface area contributed by atoms with Crippen LogP contribution in [0.3, 0.4) is 0 Å². The summed E-state index contributed by atoms with van der Waals surface area (Å²) in [6, 6.07) is 6.16. The van der Waals surface area contributed by atoms with Gasteiger partial charge in [0.25, 0.3) is 0 Å². The third-order valence-electron chi connectivity index (χ3n) is 6.15. The van der Waals surface area contributed by atoms with Crippen molar-refractivity contribution < 1.29 is 0 Å². The van der Waals surface area contributed by atoms with E-state index < -0.39 is 0 Å². The minimum Gasteiger partial charge on any atom is -0.0654 e. The molecule has 1 aliphatic rings. The Bertz CT molecular complexity index is 638. The van der Waals surface area contributed by atoms with Gasteiger partial charge in [-0.15, -0.1) is 0 Å². The molecule has 24 heavy (non-hydrogen) atoms. The van der Waals surface area contributed by atoms with Crippen LogP contribution >= 0.6 is 0 Å². The molecule has 0 N–H and O–H groups in total. The molecule has 1 aliphatic carbocycles. The number of allylic oxidation sites excluding steroid dienone is 4. The summed E-state index contributed by atoms with van der Waals surface area (Å²) in [6.45, 7) is 16.2. The zero-order valence-corrected chi connectivity index (χ0v) is 18.4. The summed E-state index contributed by atoms with van der Waals surface area (Å²) >= 11 is 0. The highest BCUT2D eigenvalue weighted by Gasteiger charge is 2.26. The van der Waals surface area contributed by atoms with E-state index in [4.69, 9.17) is 0 Å². The van der Waals surface area contributed by atoms with Crippen molar-refractivity contribution in [2.24, 2.45) is 5.92 Å². The summed E-state index contributed by atoms with van der Waals surface area (Å²) in [4.78, 5) is 0. The summed E-state index contributed by atoms with van der Waals surface area (Å²) in [6.07, 6.45) is 5.37. The van der Waals surface area contributed by atoms with E-state index in [-0.39, 0.29) is 9.52 Å². The maximum atomic E-state index is 2.39. The average molecular weight is 341 g/mol. The van der Waals surface area contributed by atoms with Gasteiger partial charge in [-0.25, -0.2) is 0 Å². The van der Waals surface area contributed by atoms with Gasteiger partial charge in [0, 0.05) is 0 Å². The molecule has 0 nitrogen and oxygen atoms in total. The first-order valence-corrected chi connectivity index (χ1v) is 11.5. The van der Waals surface area contributed by atoms with Crippen LogP contribution in [-0.4, -0.2) is 9.52 Å². The van der Waals surface area contributed by atoms with Gasteiger partial charge in [-0.05, 0) is 77.5 Å². The number of rotatable bonds is 7. The summed E-state index contributed by atoms with van der Waals surface area (Å²) in [5.41, 5.74) is 11.1. The van der Waals surface area contributed by atoms with Crippen LogP contribution in [0.1, 0.15) is 70.1 Å². The fourth-order valence-corrected chi connectivity index (χ4v) is 6.88. The standard InChI is InChI=1S/C23H36Si/c1-8-9-10-11-21-19(6)18(5)20(7)22(21)14-24-23-16(3)12-15(2)13-17(23)4/h12-13,22H,8-11,14,24H2,1-7H3. The van der Waals surface area contributed by atoms with Crippen LogP contribution in [0.2, 0.25) is 6.04 Å². The van der Waals surface area contributed by atoms with Crippen molar-refractivity contribution in [3.05, 3.63) is 51.1 Å². The van der Waals surface area contributed by atoms with Gasteiger partial charge in [0.15, 0.2) is 0 Å². The summed E-state index contributed by atoms with van der Waals surface area (Å²) < 4.78 is 0. The predicted molar refractivity (Wildman–Crippen MR) is 112 cm³/mol. The Labute approximate surface area is 152 Å². The molecule has 1 unspecified atom stereocenters. The van der Waals surface area contributed by atoms with Crippen LogP contribution in [0.5, 0.6) is 0 Å². The van der Waals surface area contributed by atoms with Crippen molar-refractivity contribution in [2.75, 3.05) is 0 Å². The molecule has 0 aliphatic heterocycles. The highest BCUT2D eigenvalue weighted by Crippen LogP contribution is 2.41. The molecule has 1 aromatic carbocycles. The predicted octanol–water partition coefficient (Wildman–Crippen LogP) is 5.69. The second kappa shape index (κ2) is 8.34. The van der Waals surface area contributed by atoms with E-state index in [1.807, 2.05) is 0 Å². The zero-order chi connectivity index (χ0) is 17.9. The lowest BCUT2D eigenvalue weighted by Crippen LogP contribution is -2.23. The van der Waals surface area contributed by atoms with Gasteiger partial charge in [0.1, 0.15) is 0 Å². The van der Waals surface area contributed by atoms with E-state index >= 15 is 0 Å². The molecule has 0 saturated heterocycles. The highest BCUT2D eigenvalue weighted by atomic mass is 28.2. The average Bonchev–Trinajstić information content (AvgIpc) is 2.71. The normalized spacial score (nSPS) is 18.5. The smallest absolute Gasteiger partial charge is 0.0563 e. The molecule has 1 heteroatoms. The van der Waals surface area contributed by atoms with E-state index in [1.165, 1.54) is 48.4 Å². The van der Waals surface area contributed by atoms with Gasteiger partial charge < -0.3 is 0 Å². The zero-order valence-electron chi connectivity index (χ0n) is 17.0. The molecule has 0 spiro atoms. The summed E-state index contributed by atoms with van der Waals surface area (Å²) in [5.74, 6) is 0.744. The number of benzene rings is 1. The van der Waals surface area contributed by atoms with E-state index in [0.717, 1.165) is 5.92 Å². The Hall–Kier alpha value is -1.08. The molecule has 132 valence electrons. The molecule has 0 heterocycles. The molecular formula is C23H36Si. The van der Waals surface area contributed by atoms with E-state index in [2.05, 4.69) is 60.6 Å². The van der Waals surface area contributed by atoms with Gasteiger partial charge in [-0.1, -0.05) is 64.9 Å². The maximum absolute atomic E-state index is 2.39. The fraction of sp³-hybridized carbons (Fsp3) is 0.565. The number of unbranched alkanes of at least 4 members (excludes halogenated alkanes) is 2. The first kappa shape index (κ1) is 19.2. The van der Waals surface area contributed by atoms with E-state index in [1.54, 1.807) is 27.5 Å². The van der Waals surface area contributed by atoms with Crippen molar-refractivity contribution in [3.8, 4) is 0 Å². The molecule has 2 rings (SSSR count). The van der Waals surface area contributed by atoms with Gasteiger partial charge in [-0.3, -0.25) is 0 Å². The molecule has 0 amide bonds. The molecule has 0 saturated carbocycles. The lowest BCUT2D eigenvalue weighted by Gasteiger charge is -2.20. The Kier molecular flexibility index (Phi) is 6.68. The second-order valence-electron chi connectivity index (χ2n) is 7.88. The van der Waals surface area contributed by atoms with Crippen LogP contribution in [0.4, 0.5) is 0 Å². The van der Waals surface area contributed by atoms with Crippen molar-refractivity contribution in [2.45, 2.75) is 80.2 Å². The first-order valence-electron chi connectivity index (χ1n) is 9.80. The quantitative estimate of drug-likeness (QED) is 0.442. The maximum Gasteiger partial charge on any atom is 0.0563 e. The molecule has 1 atom stereocenters. The lowest BCUT2D eigenvalue weighted by molar-refractivity contribution is 0.664. The third kappa shape index (κ3) is 4.11. The summed E-state index contributed by atoms with van der Waals surface area (Å²) in [5, 5.41) is 1.71. The topological polar surface area (TPSA) is 0 Å². The van der Waals surface area contributed by atoms with E-state index in [9.17, 15) is 0 Å². The van der Waals surface area contributed by atoms with Crippen LogP contribution in [0.15, 0.2) is 34.4 Å². The number of hydrogen-bond acceptors (Lipinski definition) is 0. The Morgan fingerprint density at radius 2 is 1.50 bits per heavy atom. The summed E-state index contributed by atoms with van der Waals surface area (Å²) in [7, 11) is -0.220. The molecule has 0 radical (unpaired) electrons. The largest absolute Gasteiger partial charge is 0.0654 e. The molecule has 0 fully saturated rings. The molecule has 0 bridgehead atoms. The van der Waals surface area contributed by atoms with Gasteiger partial charge in [-0.2, -0.15) is 0 Å². The second-order valence-corrected chi connectivity index (χ2v) is 9.67. The van der Waals surface area contributed by atoms with Gasteiger partial charge in [0.05, 0.1) is 9.52 Å². The lowest BCUT2D eigenvalue weighted by atomic mass is 9.93. The minimum atomic E-state index is -0.220. The van der Waals surface area contributed by atoms with Crippen LogP contribution in [0, 0.1) is 26.7 Å². The monoisotopic (exact) mass is 340 g/mol. The van der Waals surface area contributed by atoms with Gasteiger partial charge in [0.2, 0.25) is 0 Å². The van der Waals surface area contributed by atoms with Crippen molar-refractivity contribution in [3.63, 3.8) is 0 Å². The van der Waals surface area contributed by atoms with Crippen molar-refractivity contribution >= 4 is 14.7 Å². The fourth-order valence-electron chi connectivity index (χ4n) is 4.53. The third-order valence-corrected chi connectivity index (χ3v) is 8.63. The van der Waals surface area contributed by atoms with Crippen LogP contribution in [-0.2, 0) is 0 Å².